The Kier molecular flexibility index (Phi) is 2.78. The number of furan rings is 1. The Morgan fingerprint density at radius 1 is 1.32 bits per heavy atom. The van der Waals surface area contributed by atoms with Gasteiger partial charge in [0.2, 0.25) is 5.95 Å². The van der Waals surface area contributed by atoms with E-state index < -0.39 is 0 Å². The number of anilines is 1. The minimum Gasteiger partial charge on any atom is -0.469 e. The van der Waals surface area contributed by atoms with Crippen molar-refractivity contribution in [1.82, 2.24) is 9.55 Å². The zero-order valence-electron chi connectivity index (χ0n) is 11.1. The van der Waals surface area contributed by atoms with Crippen LogP contribution in [0.2, 0.25) is 0 Å². The number of rotatable bonds is 3. The fourth-order valence-corrected chi connectivity index (χ4v) is 2.60. The van der Waals surface area contributed by atoms with Crippen molar-refractivity contribution < 1.29 is 4.42 Å². The highest BCUT2D eigenvalue weighted by Gasteiger charge is 2.16. The van der Waals surface area contributed by atoms with E-state index in [9.17, 15) is 0 Å². The van der Waals surface area contributed by atoms with E-state index in [4.69, 9.17) is 10.2 Å². The molecule has 1 aromatic carbocycles. The first-order valence-corrected chi connectivity index (χ1v) is 6.42. The highest BCUT2D eigenvalue weighted by molar-refractivity contribution is 5.81. The number of imidazole rings is 1. The van der Waals surface area contributed by atoms with Crippen molar-refractivity contribution in [3.05, 3.63) is 47.9 Å². The Labute approximate surface area is 111 Å². The van der Waals surface area contributed by atoms with Crippen LogP contribution in [0.5, 0.6) is 0 Å². The van der Waals surface area contributed by atoms with Crippen LogP contribution in [0.4, 0.5) is 5.95 Å². The standard InChI is InChI=1S/C15H17N3O/c1-10-5-3-7-13-14(10)18(15(16)17-13)11(2)9-12-6-4-8-19-12/h3-8,11H,9H2,1-2H3,(H2,16,17). The number of aryl methyl sites for hydroxylation is 1. The first-order chi connectivity index (χ1) is 9.16. The molecule has 3 aromatic rings. The molecule has 0 radical (unpaired) electrons. The zero-order valence-corrected chi connectivity index (χ0v) is 11.1. The molecule has 3 rings (SSSR count). The van der Waals surface area contributed by atoms with E-state index in [2.05, 4.69) is 29.5 Å². The number of hydrogen-bond acceptors (Lipinski definition) is 3. The quantitative estimate of drug-likeness (QED) is 0.781. The van der Waals surface area contributed by atoms with E-state index in [0.717, 1.165) is 23.2 Å². The molecule has 0 saturated carbocycles. The van der Waals surface area contributed by atoms with Crippen LogP contribution in [0.3, 0.4) is 0 Å². The maximum absolute atomic E-state index is 6.07. The molecule has 19 heavy (non-hydrogen) atoms. The second-order valence-electron chi connectivity index (χ2n) is 4.92. The smallest absolute Gasteiger partial charge is 0.201 e. The van der Waals surface area contributed by atoms with Crippen molar-refractivity contribution in [2.24, 2.45) is 0 Å². The summed E-state index contributed by atoms with van der Waals surface area (Å²) in [5, 5.41) is 0. The third-order valence-corrected chi connectivity index (χ3v) is 3.46. The molecule has 2 heterocycles. The van der Waals surface area contributed by atoms with Crippen molar-refractivity contribution in [2.75, 3.05) is 5.73 Å². The van der Waals surface area contributed by atoms with E-state index in [1.807, 2.05) is 24.3 Å². The van der Waals surface area contributed by atoms with Gasteiger partial charge in [-0.15, -0.1) is 0 Å². The average Bonchev–Trinajstić information content (AvgIpc) is 2.96. The lowest BCUT2D eigenvalue weighted by molar-refractivity contribution is 0.456. The summed E-state index contributed by atoms with van der Waals surface area (Å²) >= 11 is 0. The first kappa shape index (κ1) is 11.8. The summed E-state index contributed by atoms with van der Waals surface area (Å²) in [6.07, 6.45) is 2.50. The average molecular weight is 255 g/mol. The van der Waals surface area contributed by atoms with Gasteiger partial charge in [0, 0.05) is 12.5 Å². The Hall–Kier alpha value is -2.23. The van der Waals surface area contributed by atoms with Gasteiger partial charge in [-0.2, -0.15) is 0 Å². The molecule has 0 aliphatic heterocycles. The molecule has 2 N–H and O–H groups in total. The summed E-state index contributed by atoms with van der Waals surface area (Å²) in [6.45, 7) is 4.21. The summed E-state index contributed by atoms with van der Waals surface area (Å²) in [5.74, 6) is 1.52. The van der Waals surface area contributed by atoms with Gasteiger partial charge < -0.3 is 14.7 Å². The predicted molar refractivity (Wildman–Crippen MR) is 76.0 cm³/mol. The maximum Gasteiger partial charge on any atom is 0.201 e. The summed E-state index contributed by atoms with van der Waals surface area (Å²) in [5.41, 5.74) is 9.32. The Morgan fingerprint density at radius 3 is 2.89 bits per heavy atom. The topological polar surface area (TPSA) is 57.0 Å². The van der Waals surface area contributed by atoms with Crippen molar-refractivity contribution in [1.29, 1.82) is 0 Å². The van der Waals surface area contributed by atoms with Crippen molar-refractivity contribution in [2.45, 2.75) is 26.3 Å². The van der Waals surface area contributed by atoms with Crippen LogP contribution in [0.25, 0.3) is 11.0 Å². The lowest BCUT2D eigenvalue weighted by Crippen LogP contribution is -2.11. The van der Waals surface area contributed by atoms with Crippen molar-refractivity contribution in [3.8, 4) is 0 Å². The number of hydrogen-bond donors (Lipinski definition) is 1. The molecule has 98 valence electrons. The molecule has 0 aliphatic rings. The van der Waals surface area contributed by atoms with Gasteiger partial charge in [-0.05, 0) is 37.6 Å². The van der Waals surface area contributed by atoms with Gasteiger partial charge in [-0.1, -0.05) is 12.1 Å². The summed E-state index contributed by atoms with van der Waals surface area (Å²) in [4.78, 5) is 4.43. The zero-order chi connectivity index (χ0) is 13.4. The molecule has 0 amide bonds. The minimum atomic E-state index is 0.206. The van der Waals surface area contributed by atoms with Gasteiger partial charge >= 0.3 is 0 Å². The van der Waals surface area contributed by atoms with Crippen molar-refractivity contribution in [3.63, 3.8) is 0 Å². The third-order valence-electron chi connectivity index (χ3n) is 3.46. The van der Waals surface area contributed by atoms with Gasteiger partial charge in [0.05, 0.1) is 17.3 Å². The molecular weight excluding hydrogens is 238 g/mol. The van der Waals surface area contributed by atoms with E-state index in [0.29, 0.717) is 5.95 Å². The van der Waals surface area contributed by atoms with Gasteiger partial charge in [-0.3, -0.25) is 0 Å². The predicted octanol–water partition coefficient (Wildman–Crippen LogP) is 3.32. The van der Waals surface area contributed by atoms with Gasteiger partial charge in [-0.25, -0.2) is 4.98 Å². The normalized spacial score (nSPS) is 12.9. The molecule has 0 spiro atoms. The van der Waals surface area contributed by atoms with Crippen LogP contribution in [0.15, 0.2) is 41.0 Å². The van der Waals surface area contributed by atoms with Crippen LogP contribution >= 0.6 is 0 Å². The molecule has 0 aliphatic carbocycles. The Morgan fingerprint density at radius 2 is 2.16 bits per heavy atom. The molecule has 0 fully saturated rings. The first-order valence-electron chi connectivity index (χ1n) is 6.42. The van der Waals surface area contributed by atoms with E-state index in [1.165, 1.54) is 5.56 Å². The maximum atomic E-state index is 6.07. The number of fused-ring (bicyclic) bond motifs is 1. The molecular formula is C15H17N3O. The van der Waals surface area contributed by atoms with Crippen molar-refractivity contribution >= 4 is 17.0 Å². The summed E-state index contributed by atoms with van der Waals surface area (Å²) in [7, 11) is 0. The summed E-state index contributed by atoms with van der Waals surface area (Å²) in [6, 6.07) is 10.2. The number of nitrogens with two attached hydrogens (primary N) is 1. The Bertz CT molecular complexity index is 698. The van der Waals surface area contributed by atoms with E-state index in [-0.39, 0.29) is 6.04 Å². The molecule has 4 heteroatoms. The van der Waals surface area contributed by atoms with E-state index in [1.54, 1.807) is 6.26 Å². The van der Waals surface area contributed by atoms with Crippen LogP contribution in [0, 0.1) is 6.92 Å². The fourth-order valence-electron chi connectivity index (χ4n) is 2.60. The second-order valence-corrected chi connectivity index (χ2v) is 4.92. The largest absolute Gasteiger partial charge is 0.469 e. The van der Waals surface area contributed by atoms with Crippen LogP contribution < -0.4 is 5.73 Å². The third kappa shape index (κ3) is 1.99. The van der Waals surface area contributed by atoms with Gasteiger partial charge in [0.25, 0.3) is 0 Å². The molecule has 0 bridgehead atoms. The summed E-state index contributed by atoms with van der Waals surface area (Å²) < 4.78 is 7.50. The SMILES string of the molecule is Cc1cccc2nc(N)n(C(C)Cc3ccco3)c12. The molecule has 2 aromatic heterocycles. The molecule has 4 nitrogen and oxygen atoms in total. The monoisotopic (exact) mass is 255 g/mol. The molecule has 0 saturated heterocycles. The second kappa shape index (κ2) is 4.46. The van der Waals surface area contributed by atoms with Crippen LogP contribution in [0.1, 0.15) is 24.3 Å². The number of nitrogens with zero attached hydrogens (tertiary/aromatic N) is 2. The number of para-hydroxylation sites is 1. The number of aromatic nitrogens is 2. The highest BCUT2D eigenvalue weighted by Crippen LogP contribution is 2.27. The number of nitrogen functional groups attached to an aromatic ring is 1. The lowest BCUT2D eigenvalue weighted by atomic mass is 10.1. The fraction of sp³-hybridized carbons (Fsp3) is 0.267. The molecule has 1 unspecified atom stereocenters. The number of benzene rings is 1. The molecule has 1 atom stereocenters. The van der Waals surface area contributed by atoms with Gasteiger partial charge in [0.15, 0.2) is 0 Å². The Balaban J connectivity index is 2.06. The van der Waals surface area contributed by atoms with Gasteiger partial charge in [0.1, 0.15) is 5.76 Å². The highest BCUT2D eigenvalue weighted by atomic mass is 16.3. The van der Waals surface area contributed by atoms with E-state index >= 15 is 0 Å². The van der Waals surface area contributed by atoms with Crippen LogP contribution in [-0.4, -0.2) is 9.55 Å². The lowest BCUT2D eigenvalue weighted by Gasteiger charge is -2.15. The minimum absolute atomic E-state index is 0.206. The van der Waals surface area contributed by atoms with Crippen LogP contribution in [-0.2, 0) is 6.42 Å².